The number of hydrogen-bond acceptors (Lipinski definition) is 3. The number of nitrogens with zero attached hydrogens (tertiary/aromatic N) is 3. The quantitative estimate of drug-likeness (QED) is 0.683. The Bertz CT molecular complexity index is 1050. The molecule has 0 aliphatic carbocycles. The molecular weight excluding hydrogens is 373 g/mol. The summed E-state index contributed by atoms with van der Waals surface area (Å²) in [6.07, 6.45) is 2.90. The van der Waals surface area contributed by atoms with Gasteiger partial charge in [-0.2, -0.15) is 0 Å². The fourth-order valence-electron chi connectivity index (χ4n) is 3.83. The van der Waals surface area contributed by atoms with E-state index < -0.39 is 0 Å². The Kier molecular flexibility index (Phi) is 4.96. The highest BCUT2D eigenvalue weighted by Gasteiger charge is 2.28. The first-order valence-corrected chi connectivity index (χ1v) is 9.52. The van der Waals surface area contributed by atoms with Gasteiger partial charge in [-0.1, -0.05) is 12.1 Å². The molecule has 0 radical (unpaired) electrons. The molecule has 3 aromatic rings. The van der Waals surface area contributed by atoms with Crippen LogP contribution in [0.4, 0.5) is 4.39 Å². The summed E-state index contributed by atoms with van der Waals surface area (Å²) in [7, 11) is 0. The first-order valence-electron chi connectivity index (χ1n) is 9.52. The van der Waals surface area contributed by atoms with E-state index in [1.54, 1.807) is 44.7 Å². The SMILES string of the molecule is Cc1cc(C(=O)N2CCN(C(=O)c3ccoc3)CC2)c(C)n1-c1ccccc1F. The van der Waals surface area contributed by atoms with Crippen LogP contribution in [0.5, 0.6) is 0 Å². The van der Waals surface area contributed by atoms with E-state index in [4.69, 9.17) is 4.42 Å². The Morgan fingerprint density at radius 2 is 1.62 bits per heavy atom. The molecule has 1 aliphatic heterocycles. The maximum absolute atomic E-state index is 14.3. The number of amides is 2. The maximum Gasteiger partial charge on any atom is 0.257 e. The van der Waals surface area contributed by atoms with Crippen molar-refractivity contribution in [1.82, 2.24) is 14.4 Å². The number of carbonyl (C=O) groups is 2. The molecule has 4 rings (SSSR count). The third-order valence-corrected chi connectivity index (χ3v) is 5.38. The largest absolute Gasteiger partial charge is 0.472 e. The van der Waals surface area contributed by atoms with Crippen LogP contribution in [0.2, 0.25) is 0 Å². The van der Waals surface area contributed by atoms with E-state index in [2.05, 4.69) is 0 Å². The second kappa shape index (κ2) is 7.58. The van der Waals surface area contributed by atoms with Gasteiger partial charge in [0.1, 0.15) is 12.1 Å². The Morgan fingerprint density at radius 3 is 2.24 bits per heavy atom. The fourth-order valence-corrected chi connectivity index (χ4v) is 3.83. The van der Waals surface area contributed by atoms with E-state index in [9.17, 15) is 14.0 Å². The smallest absolute Gasteiger partial charge is 0.257 e. The molecule has 7 heteroatoms. The van der Waals surface area contributed by atoms with Crippen molar-refractivity contribution < 1.29 is 18.4 Å². The van der Waals surface area contributed by atoms with Crippen molar-refractivity contribution in [3.8, 4) is 5.69 Å². The molecule has 150 valence electrons. The van der Waals surface area contributed by atoms with Gasteiger partial charge in [0.25, 0.3) is 11.8 Å². The minimum absolute atomic E-state index is 0.0939. The number of halogens is 1. The average Bonchev–Trinajstić information content (AvgIpc) is 3.36. The minimum Gasteiger partial charge on any atom is -0.472 e. The van der Waals surface area contributed by atoms with Crippen LogP contribution < -0.4 is 0 Å². The van der Waals surface area contributed by atoms with Crippen molar-refractivity contribution >= 4 is 11.8 Å². The van der Waals surface area contributed by atoms with Gasteiger partial charge in [0, 0.05) is 37.6 Å². The summed E-state index contributed by atoms with van der Waals surface area (Å²) in [6.45, 7) is 5.50. The van der Waals surface area contributed by atoms with Crippen LogP contribution in [-0.4, -0.2) is 52.4 Å². The normalized spacial score (nSPS) is 14.3. The van der Waals surface area contributed by atoms with Crippen molar-refractivity contribution in [2.24, 2.45) is 0 Å². The second-order valence-corrected chi connectivity index (χ2v) is 7.17. The van der Waals surface area contributed by atoms with Crippen molar-refractivity contribution in [1.29, 1.82) is 0 Å². The Labute approximate surface area is 168 Å². The Balaban J connectivity index is 1.51. The van der Waals surface area contributed by atoms with Crippen LogP contribution in [0.1, 0.15) is 32.1 Å². The van der Waals surface area contributed by atoms with Gasteiger partial charge in [-0.15, -0.1) is 0 Å². The van der Waals surface area contributed by atoms with Gasteiger partial charge in [0.05, 0.1) is 23.1 Å². The second-order valence-electron chi connectivity index (χ2n) is 7.17. The summed E-state index contributed by atoms with van der Waals surface area (Å²) in [6, 6.07) is 9.96. The molecule has 1 saturated heterocycles. The van der Waals surface area contributed by atoms with E-state index in [1.165, 1.54) is 18.6 Å². The van der Waals surface area contributed by atoms with Crippen molar-refractivity contribution in [2.75, 3.05) is 26.2 Å². The Morgan fingerprint density at radius 1 is 0.966 bits per heavy atom. The van der Waals surface area contributed by atoms with Crippen LogP contribution in [0.3, 0.4) is 0 Å². The van der Waals surface area contributed by atoms with Crippen molar-refractivity contribution in [2.45, 2.75) is 13.8 Å². The van der Waals surface area contributed by atoms with E-state index in [0.29, 0.717) is 48.7 Å². The topological polar surface area (TPSA) is 58.7 Å². The number of furan rings is 1. The standard InChI is InChI=1S/C22H22FN3O3/c1-15-13-18(16(2)26(15)20-6-4-3-5-19(20)23)22(28)25-10-8-24(9-11-25)21(27)17-7-12-29-14-17/h3-7,12-14H,8-11H2,1-2H3. The first kappa shape index (κ1) is 19.0. The number of aryl methyl sites for hydroxylation is 1. The van der Waals surface area contributed by atoms with Gasteiger partial charge in [0.15, 0.2) is 0 Å². The summed E-state index contributed by atoms with van der Waals surface area (Å²) >= 11 is 0. The van der Waals surface area contributed by atoms with E-state index in [1.807, 2.05) is 13.8 Å². The lowest BCUT2D eigenvalue weighted by molar-refractivity contribution is 0.0534. The molecule has 0 N–H and O–H groups in total. The average molecular weight is 395 g/mol. The molecule has 0 unspecified atom stereocenters. The van der Waals surface area contributed by atoms with Crippen LogP contribution >= 0.6 is 0 Å². The molecule has 1 aliphatic rings. The van der Waals surface area contributed by atoms with Crippen LogP contribution in [0.15, 0.2) is 53.3 Å². The monoisotopic (exact) mass is 395 g/mol. The number of benzene rings is 1. The summed E-state index contributed by atoms with van der Waals surface area (Å²) in [5, 5.41) is 0. The van der Waals surface area contributed by atoms with Gasteiger partial charge >= 0.3 is 0 Å². The number of aromatic nitrogens is 1. The molecule has 2 aromatic heterocycles. The third kappa shape index (κ3) is 3.44. The molecule has 1 aromatic carbocycles. The van der Waals surface area contributed by atoms with Crippen molar-refractivity contribution in [3.63, 3.8) is 0 Å². The number of para-hydroxylation sites is 1. The maximum atomic E-state index is 14.3. The summed E-state index contributed by atoms with van der Waals surface area (Å²) in [5.74, 6) is -0.528. The number of carbonyl (C=O) groups excluding carboxylic acids is 2. The Hall–Kier alpha value is -3.35. The first-order chi connectivity index (χ1) is 14.0. The zero-order valence-corrected chi connectivity index (χ0v) is 16.4. The molecular formula is C22H22FN3O3. The highest BCUT2D eigenvalue weighted by molar-refractivity contribution is 5.97. The lowest BCUT2D eigenvalue weighted by Crippen LogP contribution is -2.50. The van der Waals surface area contributed by atoms with Crippen molar-refractivity contribution in [3.05, 3.63) is 77.3 Å². The lowest BCUT2D eigenvalue weighted by Gasteiger charge is -2.34. The van der Waals surface area contributed by atoms with E-state index in [0.717, 1.165) is 5.69 Å². The molecule has 3 heterocycles. The number of piperazine rings is 1. The predicted molar refractivity (Wildman–Crippen MR) is 106 cm³/mol. The number of hydrogen-bond donors (Lipinski definition) is 0. The highest BCUT2D eigenvalue weighted by atomic mass is 19.1. The van der Waals surface area contributed by atoms with Gasteiger partial charge in [0.2, 0.25) is 0 Å². The molecule has 0 spiro atoms. The van der Waals surface area contributed by atoms with E-state index >= 15 is 0 Å². The predicted octanol–water partition coefficient (Wildman–Crippen LogP) is 3.42. The molecule has 0 saturated carbocycles. The third-order valence-electron chi connectivity index (χ3n) is 5.38. The molecule has 29 heavy (non-hydrogen) atoms. The molecule has 0 bridgehead atoms. The van der Waals surface area contributed by atoms with Gasteiger partial charge in [-0.05, 0) is 38.1 Å². The summed E-state index contributed by atoms with van der Waals surface area (Å²) < 4.78 is 21.0. The van der Waals surface area contributed by atoms with Crippen LogP contribution in [0.25, 0.3) is 5.69 Å². The molecule has 1 fully saturated rings. The van der Waals surface area contributed by atoms with Gasteiger partial charge < -0.3 is 18.8 Å². The lowest BCUT2D eigenvalue weighted by atomic mass is 10.2. The van der Waals surface area contributed by atoms with E-state index in [-0.39, 0.29) is 17.6 Å². The van der Waals surface area contributed by atoms with Crippen LogP contribution in [-0.2, 0) is 0 Å². The zero-order valence-electron chi connectivity index (χ0n) is 16.4. The molecule has 6 nitrogen and oxygen atoms in total. The fraction of sp³-hybridized carbons (Fsp3) is 0.273. The van der Waals surface area contributed by atoms with Crippen LogP contribution in [0, 0.1) is 19.7 Å². The number of rotatable bonds is 3. The summed E-state index contributed by atoms with van der Waals surface area (Å²) in [4.78, 5) is 29.0. The van der Waals surface area contributed by atoms with Gasteiger partial charge in [-0.25, -0.2) is 4.39 Å². The minimum atomic E-state index is -0.334. The molecule has 0 atom stereocenters. The van der Waals surface area contributed by atoms with Gasteiger partial charge in [-0.3, -0.25) is 9.59 Å². The summed E-state index contributed by atoms with van der Waals surface area (Å²) in [5.41, 5.74) is 3.00. The zero-order chi connectivity index (χ0) is 20.5. The molecule has 2 amide bonds. The highest BCUT2D eigenvalue weighted by Crippen LogP contribution is 2.24.